The number of hydrogen-bond donors (Lipinski definition) is 2. The molecule has 2 aromatic carbocycles. The van der Waals surface area contributed by atoms with Crippen LogP contribution in [0.3, 0.4) is 0 Å². The van der Waals surface area contributed by atoms with E-state index in [-0.39, 0.29) is 11.7 Å². The lowest BCUT2D eigenvalue weighted by molar-refractivity contribution is -0.384. The van der Waals surface area contributed by atoms with Crippen LogP contribution in [-0.2, 0) is 13.1 Å². The third kappa shape index (κ3) is 5.96. The van der Waals surface area contributed by atoms with Crippen molar-refractivity contribution in [3.8, 4) is 0 Å². The average molecular weight is 417 g/mol. The van der Waals surface area contributed by atoms with Gasteiger partial charge in [0.05, 0.1) is 4.92 Å². The highest BCUT2D eigenvalue weighted by atomic mass is 19.2. The van der Waals surface area contributed by atoms with Crippen LogP contribution in [0.1, 0.15) is 24.0 Å². The van der Waals surface area contributed by atoms with E-state index in [9.17, 15) is 18.9 Å². The number of nitrogens with one attached hydrogen (secondary N) is 2. The van der Waals surface area contributed by atoms with E-state index >= 15 is 0 Å². The van der Waals surface area contributed by atoms with Crippen LogP contribution in [0.2, 0.25) is 0 Å². The Bertz CT molecular complexity index is 914. The standard InChI is InChI=1S/C21H25F2N5O2/c1-24-21(25-13-15-3-2-4-18(11-15)28(29)30)26-17-7-9-27(10-8-17)14-16-5-6-19(22)20(23)12-16/h2-6,11-12,17H,7-10,13-14H2,1H3,(H2,24,25,26). The van der Waals surface area contributed by atoms with Crippen LogP contribution in [0, 0.1) is 21.7 Å². The summed E-state index contributed by atoms with van der Waals surface area (Å²) >= 11 is 0. The minimum atomic E-state index is -0.828. The first kappa shape index (κ1) is 21.6. The van der Waals surface area contributed by atoms with Gasteiger partial charge in [-0.1, -0.05) is 18.2 Å². The quantitative estimate of drug-likeness (QED) is 0.326. The molecule has 1 saturated heterocycles. The zero-order chi connectivity index (χ0) is 21.5. The Morgan fingerprint density at radius 3 is 2.60 bits per heavy atom. The molecule has 0 amide bonds. The van der Waals surface area contributed by atoms with Gasteiger partial charge in [0.1, 0.15) is 0 Å². The summed E-state index contributed by atoms with van der Waals surface area (Å²) in [5.74, 6) is -1.01. The second kappa shape index (κ2) is 10.1. The van der Waals surface area contributed by atoms with Crippen molar-refractivity contribution in [3.05, 3.63) is 75.3 Å². The van der Waals surface area contributed by atoms with E-state index in [0.29, 0.717) is 19.0 Å². The zero-order valence-corrected chi connectivity index (χ0v) is 16.8. The van der Waals surface area contributed by atoms with Gasteiger partial charge in [-0.3, -0.25) is 20.0 Å². The fourth-order valence-electron chi connectivity index (χ4n) is 3.49. The van der Waals surface area contributed by atoms with Crippen LogP contribution in [0.25, 0.3) is 0 Å². The fourth-order valence-corrected chi connectivity index (χ4v) is 3.49. The summed E-state index contributed by atoms with van der Waals surface area (Å²) in [4.78, 5) is 16.9. The molecule has 0 radical (unpaired) electrons. The molecule has 0 atom stereocenters. The summed E-state index contributed by atoms with van der Waals surface area (Å²) in [6.07, 6.45) is 1.78. The molecule has 0 unspecified atom stereocenters. The molecule has 2 aromatic rings. The Kier molecular flexibility index (Phi) is 7.29. The van der Waals surface area contributed by atoms with Gasteiger partial charge in [-0.05, 0) is 36.1 Å². The minimum absolute atomic E-state index is 0.0608. The van der Waals surface area contributed by atoms with Crippen LogP contribution in [0.5, 0.6) is 0 Å². The van der Waals surface area contributed by atoms with Crippen molar-refractivity contribution >= 4 is 11.6 Å². The molecule has 0 spiro atoms. The summed E-state index contributed by atoms with van der Waals surface area (Å²) in [5.41, 5.74) is 1.62. The smallest absolute Gasteiger partial charge is 0.269 e. The number of likely N-dealkylation sites (tertiary alicyclic amines) is 1. The highest BCUT2D eigenvalue weighted by molar-refractivity contribution is 5.80. The van der Waals surface area contributed by atoms with E-state index in [1.165, 1.54) is 18.2 Å². The molecule has 1 aliphatic heterocycles. The third-order valence-corrected chi connectivity index (χ3v) is 5.12. The maximum atomic E-state index is 13.4. The largest absolute Gasteiger partial charge is 0.354 e. The van der Waals surface area contributed by atoms with E-state index < -0.39 is 16.6 Å². The van der Waals surface area contributed by atoms with Crippen LogP contribution < -0.4 is 10.6 Å². The van der Waals surface area contributed by atoms with Gasteiger partial charge in [0.25, 0.3) is 5.69 Å². The monoisotopic (exact) mass is 417 g/mol. The molecular weight excluding hydrogens is 392 g/mol. The van der Waals surface area contributed by atoms with Crippen molar-refractivity contribution in [1.29, 1.82) is 0 Å². The van der Waals surface area contributed by atoms with Crippen molar-refractivity contribution in [2.75, 3.05) is 20.1 Å². The van der Waals surface area contributed by atoms with Crippen molar-refractivity contribution in [2.24, 2.45) is 4.99 Å². The predicted octanol–water partition coefficient (Wildman–Crippen LogP) is 3.20. The van der Waals surface area contributed by atoms with Gasteiger partial charge in [-0.15, -0.1) is 0 Å². The Morgan fingerprint density at radius 2 is 1.93 bits per heavy atom. The van der Waals surface area contributed by atoms with Crippen LogP contribution in [0.4, 0.5) is 14.5 Å². The number of nitro groups is 1. The van der Waals surface area contributed by atoms with Gasteiger partial charge in [0, 0.05) is 51.4 Å². The van der Waals surface area contributed by atoms with Gasteiger partial charge in [-0.25, -0.2) is 8.78 Å². The molecular formula is C21H25F2N5O2. The Labute approximate surface area is 174 Å². The predicted molar refractivity (Wildman–Crippen MR) is 111 cm³/mol. The maximum Gasteiger partial charge on any atom is 0.269 e. The van der Waals surface area contributed by atoms with E-state index in [4.69, 9.17) is 0 Å². The van der Waals surface area contributed by atoms with Crippen molar-refractivity contribution < 1.29 is 13.7 Å². The van der Waals surface area contributed by atoms with Crippen LogP contribution in [0.15, 0.2) is 47.5 Å². The van der Waals surface area contributed by atoms with Gasteiger partial charge in [0.15, 0.2) is 17.6 Å². The Balaban J connectivity index is 1.45. The van der Waals surface area contributed by atoms with Crippen molar-refractivity contribution in [2.45, 2.75) is 32.0 Å². The minimum Gasteiger partial charge on any atom is -0.354 e. The molecule has 9 heteroatoms. The van der Waals surface area contributed by atoms with Gasteiger partial charge in [-0.2, -0.15) is 0 Å². The normalized spacial score (nSPS) is 15.8. The molecule has 0 aromatic heterocycles. The highest BCUT2D eigenvalue weighted by Crippen LogP contribution is 2.16. The Hall–Kier alpha value is -3.07. The molecule has 0 aliphatic carbocycles. The van der Waals surface area contributed by atoms with Crippen LogP contribution >= 0.6 is 0 Å². The molecule has 1 fully saturated rings. The summed E-state index contributed by atoms with van der Waals surface area (Å²) < 4.78 is 26.4. The number of nitrogens with zero attached hydrogens (tertiary/aromatic N) is 3. The molecule has 1 aliphatic rings. The molecule has 160 valence electrons. The number of piperidine rings is 1. The number of benzene rings is 2. The van der Waals surface area contributed by atoms with E-state index in [1.807, 2.05) is 6.07 Å². The molecule has 0 saturated carbocycles. The molecule has 7 nitrogen and oxygen atoms in total. The van der Waals surface area contributed by atoms with Gasteiger partial charge in [0.2, 0.25) is 0 Å². The molecule has 2 N–H and O–H groups in total. The van der Waals surface area contributed by atoms with Gasteiger partial charge < -0.3 is 10.6 Å². The third-order valence-electron chi connectivity index (χ3n) is 5.12. The molecule has 30 heavy (non-hydrogen) atoms. The average Bonchev–Trinajstić information content (AvgIpc) is 2.75. The van der Waals surface area contributed by atoms with Crippen molar-refractivity contribution in [3.63, 3.8) is 0 Å². The second-order valence-corrected chi connectivity index (χ2v) is 7.30. The van der Waals surface area contributed by atoms with Crippen molar-refractivity contribution in [1.82, 2.24) is 15.5 Å². The first-order valence-electron chi connectivity index (χ1n) is 9.81. The number of nitro benzene ring substituents is 1. The summed E-state index contributed by atoms with van der Waals surface area (Å²) in [5, 5.41) is 17.5. The lowest BCUT2D eigenvalue weighted by atomic mass is 10.0. The maximum absolute atomic E-state index is 13.4. The number of aliphatic imine (C=N–C) groups is 1. The number of halogens is 2. The van der Waals surface area contributed by atoms with E-state index in [1.54, 1.807) is 19.2 Å². The summed E-state index contributed by atoms with van der Waals surface area (Å²) in [6, 6.07) is 10.7. The topological polar surface area (TPSA) is 82.8 Å². The fraction of sp³-hybridized carbons (Fsp3) is 0.381. The molecule has 3 rings (SSSR count). The van der Waals surface area contributed by atoms with E-state index in [2.05, 4.69) is 20.5 Å². The SMILES string of the molecule is CN=C(NCc1cccc([N+](=O)[O-])c1)NC1CCN(Cc2ccc(F)c(F)c2)CC1. The molecule has 0 bridgehead atoms. The number of guanidine groups is 1. The zero-order valence-electron chi connectivity index (χ0n) is 16.8. The lowest BCUT2D eigenvalue weighted by Gasteiger charge is -2.33. The van der Waals surface area contributed by atoms with E-state index in [0.717, 1.165) is 43.1 Å². The number of rotatable bonds is 6. The summed E-state index contributed by atoms with van der Waals surface area (Å²) in [7, 11) is 1.68. The first-order valence-corrected chi connectivity index (χ1v) is 9.81. The molecule has 1 heterocycles. The first-order chi connectivity index (χ1) is 14.4. The lowest BCUT2D eigenvalue weighted by Crippen LogP contribution is -2.48. The summed E-state index contributed by atoms with van der Waals surface area (Å²) in [6.45, 7) is 2.68. The van der Waals surface area contributed by atoms with Crippen LogP contribution in [-0.4, -0.2) is 42.0 Å². The number of hydrogen-bond acceptors (Lipinski definition) is 4. The highest BCUT2D eigenvalue weighted by Gasteiger charge is 2.20. The number of non-ortho nitro benzene ring substituents is 1. The Morgan fingerprint density at radius 1 is 1.17 bits per heavy atom. The second-order valence-electron chi connectivity index (χ2n) is 7.30. The van der Waals surface area contributed by atoms with Gasteiger partial charge >= 0.3 is 0 Å².